The van der Waals surface area contributed by atoms with Crippen LogP contribution in [0.1, 0.15) is 6.42 Å². The summed E-state index contributed by atoms with van der Waals surface area (Å²) in [6.07, 6.45) is -1.59. The van der Waals surface area contributed by atoms with Crippen molar-refractivity contribution in [2.45, 2.75) is 17.8 Å². The van der Waals surface area contributed by atoms with E-state index in [1.165, 1.54) is 0 Å². The molecule has 0 aromatic heterocycles. The summed E-state index contributed by atoms with van der Waals surface area (Å²) in [7, 11) is 5.50. The van der Waals surface area contributed by atoms with E-state index in [2.05, 4.69) is 12.6 Å². The van der Waals surface area contributed by atoms with E-state index in [-0.39, 0.29) is 0 Å². The van der Waals surface area contributed by atoms with E-state index >= 15 is 0 Å². The van der Waals surface area contributed by atoms with Crippen molar-refractivity contribution in [3.8, 4) is 0 Å². The highest BCUT2D eigenvalue weighted by Gasteiger charge is 2.29. The van der Waals surface area contributed by atoms with Gasteiger partial charge in [0, 0.05) is 0 Å². The molecular weight excluding hydrogens is 184 g/mol. The Labute approximate surface area is 77.2 Å². The molecule has 0 fully saturated rings. The van der Waals surface area contributed by atoms with Crippen LogP contribution in [0.5, 0.6) is 0 Å². The first kappa shape index (κ1) is 12.1. The fourth-order valence-electron chi connectivity index (χ4n) is 0.980. The number of halogens is 2. The van der Waals surface area contributed by atoms with Gasteiger partial charge < -0.3 is 9.59 Å². The Hall–Kier alpha value is 0.130. The molecule has 0 aliphatic heterocycles. The highest BCUT2D eigenvalue weighted by Crippen LogP contribution is 2.24. The van der Waals surface area contributed by atoms with Crippen molar-refractivity contribution in [2.24, 2.45) is 0 Å². The van der Waals surface area contributed by atoms with E-state index in [9.17, 15) is 13.9 Å². The van der Waals surface area contributed by atoms with Crippen LogP contribution < -0.4 is 0 Å². The van der Waals surface area contributed by atoms with Crippen LogP contribution in [0.2, 0.25) is 0 Å². The average Bonchev–Trinajstić information content (AvgIpc) is 1.49. The molecule has 1 unspecified atom stereocenters. The molecule has 0 radical (unpaired) electrons. The minimum atomic E-state index is -3.07. The third-order valence-corrected chi connectivity index (χ3v) is 1.42. The quantitative estimate of drug-likeness (QED) is 0.512. The lowest BCUT2D eigenvalue weighted by molar-refractivity contribution is -0.873. The van der Waals surface area contributed by atoms with Crippen LogP contribution in [-0.4, -0.2) is 48.6 Å². The van der Waals surface area contributed by atoms with E-state index < -0.39 is 17.8 Å². The van der Waals surface area contributed by atoms with Gasteiger partial charge in [0.05, 0.1) is 27.6 Å². The van der Waals surface area contributed by atoms with Crippen LogP contribution in [0.15, 0.2) is 0 Å². The van der Waals surface area contributed by atoms with Crippen LogP contribution in [-0.2, 0) is 0 Å². The molecule has 74 valence electrons. The number of alkyl halides is 2. The average molecular weight is 200 g/mol. The summed E-state index contributed by atoms with van der Waals surface area (Å²) in [5, 5.41) is 6.10. The van der Waals surface area contributed by atoms with Gasteiger partial charge in [-0.05, 0) is 0 Å². The van der Waals surface area contributed by atoms with Gasteiger partial charge in [-0.25, -0.2) is 0 Å². The summed E-state index contributed by atoms with van der Waals surface area (Å²) < 4.78 is 25.0. The molecule has 0 spiro atoms. The van der Waals surface area contributed by atoms with Gasteiger partial charge in [0.25, 0.3) is 5.25 Å². The molecule has 0 amide bonds. The van der Waals surface area contributed by atoms with Gasteiger partial charge in [-0.2, -0.15) is 8.78 Å². The number of thiol groups is 1. The first-order valence-corrected chi connectivity index (χ1v) is 4.13. The summed E-state index contributed by atoms with van der Waals surface area (Å²) >= 11 is 3.04. The highest BCUT2D eigenvalue weighted by molar-refractivity contribution is 7.81. The maximum Gasteiger partial charge on any atom is 0.293 e. The predicted molar refractivity (Wildman–Crippen MR) is 47.5 cm³/mol. The monoisotopic (exact) mass is 200 g/mol. The van der Waals surface area contributed by atoms with Crippen LogP contribution >= 0.6 is 12.6 Å². The zero-order valence-electron chi connectivity index (χ0n) is 7.59. The molecule has 1 N–H and O–H groups in total. The standard InChI is InChI=1S/C7H15F2NOS/c1-10(2,3)5-6(11)4-7(8,9)12/h6,11H,4-5H2,1-3H3/p+1. The van der Waals surface area contributed by atoms with Crippen LogP contribution in [0.4, 0.5) is 8.78 Å². The fraction of sp³-hybridized carbons (Fsp3) is 1.00. The molecule has 0 saturated heterocycles. The number of likely N-dealkylation sites (N-methyl/N-ethyl adjacent to an activating group) is 1. The second-order valence-corrected chi connectivity index (χ2v) is 4.65. The van der Waals surface area contributed by atoms with Gasteiger partial charge >= 0.3 is 0 Å². The molecule has 0 aromatic rings. The van der Waals surface area contributed by atoms with Crippen LogP contribution in [0.3, 0.4) is 0 Å². The second-order valence-electron chi connectivity index (χ2n) is 4.00. The van der Waals surface area contributed by atoms with Crippen molar-refractivity contribution in [1.82, 2.24) is 0 Å². The van der Waals surface area contributed by atoms with E-state index in [1.54, 1.807) is 0 Å². The summed E-state index contributed by atoms with van der Waals surface area (Å²) in [6.45, 7) is 0.302. The lowest BCUT2D eigenvalue weighted by Gasteiger charge is -2.27. The Morgan fingerprint density at radius 2 is 1.83 bits per heavy atom. The minimum absolute atomic E-state index is 0.302. The zero-order valence-corrected chi connectivity index (χ0v) is 8.48. The molecule has 0 rings (SSSR count). The van der Waals surface area contributed by atoms with Crippen molar-refractivity contribution in [3.63, 3.8) is 0 Å². The van der Waals surface area contributed by atoms with E-state index in [4.69, 9.17) is 0 Å². The Morgan fingerprint density at radius 1 is 1.42 bits per heavy atom. The third-order valence-electron chi connectivity index (χ3n) is 1.24. The Kier molecular flexibility index (Phi) is 3.93. The minimum Gasteiger partial charge on any atom is -0.387 e. The normalized spacial score (nSPS) is 16.2. The van der Waals surface area contributed by atoms with Crippen LogP contribution in [0, 0.1) is 0 Å². The first-order valence-electron chi connectivity index (χ1n) is 3.69. The number of aliphatic hydroxyl groups is 1. The molecule has 1 atom stereocenters. The first-order chi connectivity index (χ1) is 5.10. The zero-order chi connectivity index (χ0) is 9.99. The van der Waals surface area contributed by atoms with Gasteiger partial charge in [-0.3, -0.25) is 0 Å². The van der Waals surface area contributed by atoms with Crippen molar-refractivity contribution in [1.29, 1.82) is 0 Å². The summed E-state index contributed by atoms with van der Waals surface area (Å²) in [5.41, 5.74) is 0. The van der Waals surface area contributed by atoms with Crippen molar-refractivity contribution >= 4 is 12.6 Å². The van der Waals surface area contributed by atoms with E-state index in [0.717, 1.165) is 0 Å². The Morgan fingerprint density at radius 3 is 2.08 bits per heavy atom. The molecule has 0 aliphatic carbocycles. The van der Waals surface area contributed by atoms with Gasteiger partial charge in [0.1, 0.15) is 12.6 Å². The molecule has 0 aromatic carbocycles. The van der Waals surface area contributed by atoms with E-state index in [0.29, 0.717) is 11.0 Å². The lowest BCUT2D eigenvalue weighted by Crippen LogP contribution is -2.42. The van der Waals surface area contributed by atoms with Crippen molar-refractivity contribution in [2.75, 3.05) is 27.7 Å². The number of hydrogen-bond acceptors (Lipinski definition) is 2. The Balaban J connectivity index is 3.83. The molecule has 0 bridgehead atoms. The van der Waals surface area contributed by atoms with Gasteiger partial charge in [0.2, 0.25) is 0 Å². The van der Waals surface area contributed by atoms with Gasteiger partial charge in [0.15, 0.2) is 0 Å². The summed E-state index contributed by atoms with van der Waals surface area (Å²) in [5.74, 6) is 0. The smallest absolute Gasteiger partial charge is 0.293 e. The molecular formula is C7H16F2NOS+. The number of quaternary nitrogens is 1. The molecule has 0 heterocycles. The number of aliphatic hydroxyl groups excluding tert-OH is 1. The van der Waals surface area contributed by atoms with Crippen LogP contribution in [0.25, 0.3) is 0 Å². The number of nitrogens with zero attached hydrogens (tertiary/aromatic N) is 1. The molecule has 0 saturated carbocycles. The number of rotatable bonds is 4. The molecule has 5 heteroatoms. The number of hydrogen-bond donors (Lipinski definition) is 2. The maximum absolute atomic E-state index is 12.2. The fourth-order valence-corrected chi connectivity index (χ4v) is 1.19. The topological polar surface area (TPSA) is 20.2 Å². The predicted octanol–water partition coefficient (Wildman–Crippen LogP) is 0.966. The SMILES string of the molecule is C[N+](C)(C)CC(O)CC(F)(F)S. The largest absolute Gasteiger partial charge is 0.387 e. The second kappa shape index (κ2) is 3.89. The third kappa shape index (κ3) is 8.23. The Bertz CT molecular complexity index is 125. The summed E-state index contributed by atoms with van der Waals surface area (Å²) in [6, 6.07) is 0. The molecule has 2 nitrogen and oxygen atoms in total. The van der Waals surface area contributed by atoms with Crippen molar-refractivity contribution in [3.05, 3.63) is 0 Å². The maximum atomic E-state index is 12.2. The molecule has 12 heavy (non-hydrogen) atoms. The highest BCUT2D eigenvalue weighted by atomic mass is 32.1. The molecule has 0 aliphatic rings. The summed E-state index contributed by atoms with van der Waals surface area (Å²) in [4.78, 5) is 0. The van der Waals surface area contributed by atoms with E-state index in [1.807, 2.05) is 21.1 Å². The lowest BCUT2D eigenvalue weighted by atomic mass is 10.2. The van der Waals surface area contributed by atoms with Crippen molar-refractivity contribution < 1.29 is 18.4 Å². The van der Waals surface area contributed by atoms with Gasteiger partial charge in [-0.15, -0.1) is 12.6 Å². The van der Waals surface area contributed by atoms with Gasteiger partial charge in [-0.1, -0.05) is 0 Å².